The van der Waals surface area contributed by atoms with Gasteiger partial charge in [-0.3, -0.25) is 5.43 Å². The van der Waals surface area contributed by atoms with Crippen LogP contribution in [-0.2, 0) is 6.54 Å². The van der Waals surface area contributed by atoms with Gasteiger partial charge in [-0.1, -0.05) is 46.9 Å². The Morgan fingerprint density at radius 1 is 1.04 bits per heavy atom. The summed E-state index contributed by atoms with van der Waals surface area (Å²) in [6, 6.07) is 12.7. The molecule has 8 heteroatoms. The van der Waals surface area contributed by atoms with E-state index in [-0.39, 0.29) is 12.4 Å². The molecule has 0 bridgehead atoms. The first-order chi connectivity index (χ1) is 11.6. The van der Waals surface area contributed by atoms with Gasteiger partial charge in [0.15, 0.2) is 0 Å². The standard InChI is InChI=1S/C17H13Cl3N4.ClH/c18-13-3-1-12(2-4-13)17(10-24-8-7-21-11-24)23-22-16-6-5-14(19)9-15(16)20;/h1-9,11,22H,10H2;1H/b23-17-;. The van der Waals surface area contributed by atoms with E-state index in [4.69, 9.17) is 34.8 Å². The van der Waals surface area contributed by atoms with Crippen LogP contribution in [0.5, 0.6) is 0 Å². The number of anilines is 1. The van der Waals surface area contributed by atoms with Crippen molar-refractivity contribution < 1.29 is 0 Å². The van der Waals surface area contributed by atoms with Crippen LogP contribution >= 0.6 is 47.2 Å². The zero-order valence-electron chi connectivity index (χ0n) is 12.9. The van der Waals surface area contributed by atoms with E-state index in [0.29, 0.717) is 27.3 Å². The number of imidazole rings is 1. The molecule has 1 N–H and O–H groups in total. The molecule has 0 unspecified atom stereocenters. The summed E-state index contributed by atoms with van der Waals surface area (Å²) in [5, 5.41) is 6.26. The van der Waals surface area contributed by atoms with Crippen LogP contribution < -0.4 is 5.43 Å². The number of hydrogen-bond donors (Lipinski definition) is 1. The molecule has 0 radical (unpaired) electrons. The first kappa shape index (κ1) is 19.6. The molecule has 0 spiro atoms. The summed E-state index contributed by atoms with van der Waals surface area (Å²) in [6.07, 6.45) is 5.34. The lowest BCUT2D eigenvalue weighted by Gasteiger charge is -2.10. The Kier molecular flexibility index (Phi) is 7.14. The van der Waals surface area contributed by atoms with Crippen molar-refractivity contribution in [2.45, 2.75) is 6.54 Å². The third-order valence-corrected chi connectivity index (χ3v) is 4.11. The lowest BCUT2D eigenvalue weighted by atomic mass is 10.1. The molecule has 130 valence electrons. The Morgan fingerprint density at radius 2 is 1.76 bits per heavy atom. The quantitative estimate of drug-likeness (QED) is 0.423. The fraction of sp³-hybridized carbons (Fsp3) is 0.0588. The molecule has 1 aromatic heterocycles. The zero-order valence-corrected chi connectivity index (χ0v) is 15.9. The van der Waals surface area contributed by atoms with Gasteiger partial charge in [0, 0.05) is 22.4 Å². The van der Waals surface area contributed by atoms with Crippen molar-refractivity contribution in [3.8, 4) is 0 Å². The monoisotopic (exact) mass is 414 g/mol. The third-order valence-electron chi connectivity index (χ3n) is 3.31. The van der Waals surface area contributed by atoms with Crippen LogP contribution in [0, 0.1) is 0 Å². The fourth-order valence-electron chi connectivity index (χ4n) is 2.09. The second kappa shape index (κ2) is 9.11. The minimum atomic E-state index is 0. The van der Waals surface area contributed by atoms with Crippen LogP contribution in [0.2, 0.25) is 15.1 Å². The van der Waals surface area contributed by atoms with E-state index in [0.717, 1.165) is 11.3 Å². The maximum absolute atomic E-state index is 6.17. The number of benzene rings is 2. The summed E-state index contributed by atoms with van der Waals surface area (Å²) in [5.41, 5.74) is 5.44. The lowest BCUT2D eigenvalue weighted by Crippen LogP contribution is -2.12. The van der Waals surface area contributed by atoms with Crippen molar-refractivity contribution in [1.82, 2.24) is 9.55 Å². The molecule has 0 aliphatic rings. The van der Waals surface area contributed by atoms with E-state index in [1.807, 2.05) is 35.0 Å². The Bertz CT molecular complexity index is 846. The highest BCUT2D eigenvalue weighted by molar-refractivity contribution is 6.36. The summed E-state index contributed by atoms with van der Waals surface area (Å²) in [6.45, 7) is 0.555. The van der Waals surface area contributed by atoms with E-state index >= 15 is 0 Å². The van der Waals surface area contributed by atoms with Gasteiger partial charge in [0.25, 0.3) is 0 Å². The summed E-state index contributed by atoms with van der Waals surface area (Å²) < 4.78 is 1.93. The number of nitrogens with zero attached hydrogens (tertiary/aromatic N) is 3. The maximum atomic E-state index is 6.17. The molecular formula is C17H14Cl4N4. The maximum Gasteiger partial charge on any atom is 0.0949 e. The number of hydrazone groups is 1. The molecule has 0 saturated heterocycles. The number of nitrogens with one attached hydrogen (secondary N) is 1. The van der Waals surface area contributed by atoms with Crippen molar-refractivity contribution in [3.05, 3.63) is 81.8 Å². The molecular weight excluding hydrogens is 402 g/mol. The van der Waals surface area contributed by atoms with E-state index in [9.17, 15) is 0 Å². The Morgan fingerprint density at radius 3 is 2.40 bits per heavy atom. The average molecular weight is 416 g/mol. The van der Waals surface area contributed by atoms with Gasteiger partial charge in [-0.2, -0.15) is 5.10 Å². The van der Waals surface area contributed by atoms with Gasteiger partial charge < -0.3 is 4.57 Å². The number of hydrogen-bond acceptors (Lipinski definition) is 3. The predicted molar refractivity (Wildman–Crippen MR) is 108 cm³/mol. The SMILES string of the molecule is Cl.Clc1ccc(/C(Cn2ccnc2)=N\Nc2ccc(Cl)cc2Cl)cc1. The van der Waals surface area contributed by atoms with Gasteiger partial charge in [0.05, 0.1) is 29.3 Å². The van der Waals surface area contributed by atoms with Gasteiger partial charge in [0.1, 0.15) is 0 Å². The van der Waals surface area contributed by atoms with Crippen molar-refractivity contribution in [2.24, 2.45) is 5.10 Å². The Balaban J connectivity index is 0.00000225. The highest BCUT2D eigenvalue weighted by atomic mass is 35.5. The highest BCUT2D eigenvalue weighted by Crippen LogP contribution is 2.25. The minimum Gasteiger partial charge on any atom is -0.331 e. The van der Waals surface area contributed by atoms with Gasteiger partial charge in [-0.25, -0.2) is 4.98 Å². The van der Waals surface area contributed by atoms with Gasteiger partial charge in [-0.05, 0) is 35.9 Å². The van der Waals surface area contributed by atoms with E-state index in [1.165, 1.54) is 0 Å². The van der Waals surface area contributed by atoms with Crippen LogP contribution in [0.25, 0.3) is 0 Å². The predicted octanol–water partition coefficient (Wildman–Crippen LogP) is 5.78. The molecule has 3 rings (SSSR count). The summed E-state index contributed by atoms with van der Waals surface area (Å²) in [7, 11) is 0. The lowest BCUT2D eigenvalue weighted by molar-refractivity contribution is 0.848. The normalized spacial score (nSPS) is 11.1. The molecule has 3 aromatic rings. The molecule has 0 atom stereocenters. The van der Waals surface area contributed by atoms with E-state index in [2.05, 4.69) is 15.5 Å². The second-order valence-corrected chi connectivity index (χ2v) is 6.32. The molecule has 2 aromatic carbocycles. The average Bonchev–Trinajstić information content (AvgIpc) is 3.07. The minimum absolute atomic E-state index is 0. The fourth-order valence-corrected chi connectivity index (χ4v) is 2.67. The summed E-state index contributed by atoms with van der Waals surface area (Å²) in [4.78, 5) is 4.06. The molecule has 4 nitrogen and oxygen atoms in total. The van der Waals surface area contributed by atoms with Crippen molar-refractivity contribution in [1.29, 1.82) is 0 Å². The number of aromatic nitrogens is 2. The largest absolute Gasteiger partial charge is 0.331 e. The van der Waals surface area contributed by atoms with E-state index < -0.39 is 0 Å². The molecule has 0 aliphatic heterocycles. The Labute approximate surface area is 166 Å². The van der Waals surface area contributed by atoms with Crippen LogP contribution in [0.15, 0.2) is 66.3 Å². The first-order valence-electron chi connectivity index (χ1n) is 7.11. The molecule has 0 aliphatic carbocycles. The molecule has 0 fully saturated rings. The molecule has 25 heavy (non-hydrogen) atoms. The van der Waals surface area contributed by atoms with Crippen molar-refractivity contribution >= 4 is 58.6 Å². The highest BCUT2D eigenvalue weighted by Gasteiger charge is 2.07. The van der Waals surface area contributed by atoms with Gasteiger partial charge in [-0.15, -0.1) is 12.4 Å². The van der Waals surface area contributed by atoms with Crippen LogP contribution in [0.1, 0.15) is 5.56 Å². The zero-order chi connectivity index (χ0) is 16.9. The van der Waals surface area contributed by atoms with Crippen LogP contribution in [-0.4, -0.2) is 15.3 Å². The topological polar surface area (TPSA) is 42.2 Å². The first-order valence-corrected chi connectivity index (χ1v) is 8.24. The molecule has 1 heterocycles. The van der Waals surface area contributed by atoms with Gasteiger partial charge in [0.2, 0.25) is 0 Å². The van der Waals surface area contributed by atoms with Crippen LogP contribution in [0.4, 0.5) is 5.69 Å². The van der Waals surface area contributed by atoms with Crippen molar-refractivity contribution in [2.75, 3.05) is 5.43 Å². The third kappa shape index (κ3) is 5.38. The van der Waals surface area contributed by atoms with E-state index in [1.54, 1.807) is 30.7 Å². The summed E-state index contributed by atoms with van der Waals surface area (Å²) >= 11 is 18.1. The molecule has 0 amide bonds. The second-order valence-electron chi connectivity index (χ2n) is 5.04. The molecule has 0 saturated carbocycles. The number of halogens is 4. The Hall–Kier alpha value is -1.72. The number of rotatable bonds is 5. The summed E-state index contributed by atoms with van der Waals surface area (Å²) in [5.74, 6) is 0. The smallest absolute Gasteiger partial charge is 0.0949 e. The van der Waals surface area contributed by atoms with Crippen molar-refractivity contribution in [3.63, 3.8) is 0 Å². The van der Waals surface area contributed by atoms with Gasteiger partial charge >= 0.3 is 0 Å². The van der Waals surface area contributed by atoms with Crippen LogP contribution in [0.3, 0.4) is 0 Å².